The van der Waals surface area contributed by atoms with E-state index in [1.165, 1.54) is 0 Å². The molecule has 0 radical (unpaired) electrons. The van der Waals surface area contributed by atoms with Crippen molar-refractivity contribution in [2.45, 2.75) is 13.1 Å². The average molecular weight is 1490 g/mol. The Morgan fingerprint density at radius 1 is 0.325 bits per heavy atom. The molecule has 19 heteroatoms. The molecule has 550 valence electrons. The molecule has 0 unspecified atom stereocenters. The van der Waals surface area contributed by atoms with Crippen LogP contribution in [0.1, 0.15) is 33.4 Å². The molecule has 0 bridgehead atoms. The first-order valence-corrected chi connectivity index (χ1v) is 36.6. The smallest absolute Gasteiger partial charge is 0.178 e. The Bertz CT molecular complexity index is 5290. The number of para-hydroxylation sites is 4. The number of nitrogens with zero attached hydrogens (tertiary/aromatic N) is 13. The zero-order valence-corrected chi connectivity index (χ0v) is 61.5. The highest BCUT2D eigenvalue weighted by Crippen LogP contribution is 2.45. The Kier molecular flexibility index (Phi) is 22.0. The molecular formula is C95H69N13O6. The number of terminal acetylenes is 1. The lowest BCUT2D eigenvalue weighted by atomic mass is 9.91. The molecule has 0 N–H and O–H groups in total. The van der Waals surface area contributed by atoms with E-state index in [4.69, 9.17) is 55.2 Å². The second-order valence-corrected chi connectivity index (χ2v) is 27.3. The van der Waals surface area contributed by atoms with Crippen LogP contribution in [0.4, 0.5) is 34.1 Å². The van der Waals surface area contributed by atoms with Crippen LogP contribution in [0, 0.1) is 79.8 Å². The highest BCUT2D eigenvalue weighted by Gasteiger charge is 2.41. The summed E-state index contributed by atoms with van der Waals surface area (Å²) in [4.78, 5) is 7.69. The highest BCUT2D eigenvalue weighted by molar-refractivity contribution is 6.16. The van der Waals surface area contributed by atoms with Gasteiger partial charge in [-0.2, -0.15) is 56.3 Å². The number of rotatable bonds is 30. The SMILES string of the molecule is C#Cc1ccc(OCC(COc2ccc(C#N)cc2)(COc2ccc(C#N)cc2)Cn2nc3c(-c4ccc(N(c5ccccc5)c5ccccc5)cc4)c4n[n+](CC(COc5ccc(C#N)cc5)(COc5ccc(C#N)cc5)COc5ccc(C#N)cc5)[n-]c4c(-c4ccc(N(c5ccccc5)c5ccccc5)cc4)c3n2)cc1. The molecule has 0 atom stereocenters. The number of anilines is 6. The van der Waals surface area contributed by atoms with E-state index in [9.17, 15) is 26.3 Å². The van der Waals surface area contributed by atoms with E-state index in [2.05, 4.69) is 143 Å². The molecule has 15 rings (SSSR count). The average Bonchev–Trinajstić information content (AvgIpc) is 1.55. The monoisotopic (exact) mass is 1490 g/mol. The van der Waals surface area contributed by atoms with Gasteiger partial charge in [-0.05, 0) is 230 Å². The van der Waals surface area contributed by atoms with Crippen molar-refractivity contribution in [2.24, 2.45) is 10.8 Å². The quantitative estimate of drug-likeness (QED) is 0.0300. The minimum Gasteiger partial charge on any atom is -0.493 e. The largest absolute Gasteiger partial charge is 0.493 e. The number of hydrogen-bond acceptors (Lipinski definition) is 16. The molecule has 15 aromatic rings. The zero-order valence-electron chi connectivity index (χ0n) is 61.5. The van der Waals surface area contributed by atoms with Crippen LogP contribution in [-0.2, 0) is 13.1 Å². The molecule has 0 aliphatic heterocycles. The van der Waals surface area contributed by atoms with Crippen LogP contribution in [-0.4, -0.2) is 59.7 Å². The maximum atomic E-state index is 9.85. The first-order chi connectivity index (χ1) is 56.0. The number of fused-ring (bicyclic) bond motifs is 2. The summed E-state index contributed by atoms with van der Waals surface area (Å²) in [5.41, 5.74) is 10.6. The van der Waals surface area contributed by atoms with Gasteiger partial charge in [0.25, 0.3) is 0 Å². The maximum absolute atomic E-state index is 9.85. The minimum absolute atomic E-state index is 0.00493. The van der Waals surface area contributed by atoms with Gasteiger partial charge in [0, 0.05) is 61.8 Å². The van der Waals surface area contributed by atoms with Gasteiger partial charge in [-0.25, -0.2) is 0 Å². The van der Waals surface area contributed by atoms with Gasteiger partial charge in [0.05, 0.1) is 70.1 Å². The van der Waals surface area contributed by atoms with Crippen LogP contribution in [0.2, 0.25) is 0 Å². The van der Waals surface area contributed by atoms with Crippen molar-refractivity contribution < 1.29 is 33.2 Å². The summed E-state index contributed by atoms with van der Waals surface area (Å²) < 4.78 is 40.8. The van der Waals surface area contributed by atoms with Gasteiger partial charge < -0.3 is 38.2 Å². The van der Waals surface area contributed by atoms with E-state index in [0.717, 1.165) is 45.3 Å². The summed E-state index contributed by atoms with van der Waals surface area (Å²) >= 11 is 0. The Morgan fingerprint density at radius 2 is 0.596 bits per heavy atom. The molecule has 0 saturated carbocycles. The summed E-state index contributed by atoms with van der Waals surface area (Å²) in [6, 6.07) is 110. The molecule has 13 aromatic carbocycles. The third-order valence-corrected chi connectivity index (χ3v) is 19.3. The van der Waals surface area contributed by atoms with Crippen molar-refractivity contribution >= 4 is 56.2 Å². The van der Waals surface area contributed by atoms with E-state index >= 15 is 0 Å². The summed E-state index contributed by atoms with van der Waals surface area (Å²) in [6.45, 7) is -0.244. The third-order valence-electron chi connectivity index (χ3n) is 19.3. The number of ether oxygens (including phenoxy) is 6. The normalized spacial score (nSPS) is 11.0. The molecule has 0 amide bonds. The highest BCUT2D eigenvalue weighted by atomic mass is 16.5. The minimum atomic E-state index is -1.19. The zero-order chi connectivity index (χ0) is 78.1. The molecule has 0 spiro atoms. The second kappa shape index (κ2) is 34.1. The standard InChI is InChI=1S/C95H69N13O6/c1-2-68-23-43-82(44-24-68)109-62-94(63-110-83-45-25-69(55-96)26-46-83,64-111-84-47-27-70(56-97)28-48-84)60-105-101-90-88(74-35-39-80(40-36-74)107(76-15-7-3-8-16-76)77-17-9-4-10-18-77)92-93(89(91(90)102-105)75-37-41-81(42-38-75)108(78-19-11-5-12-20-78)79-21-13-6-14-22-79)104-106(103-92)61-95(65-112-85-49-29-71(57-98)30-50-85,66-113-86-51-31-72(58-99)32-52-86)67-114-87-53-33-73(59-100)34-54-87/h1,3-54H,60-67H2. The fourth-order valence-electron chi connectivity index (χ4n) is 13.4. The van der Waals surface area contributed by atoms with Crippen molar-refractivity contribution in [2.75, 3.05) is 49.4 Å². The molecule has 0 aliphatic rings. The number of nitriles is 5. The van der Waals surface area contributed by atoms with Crippen molar-refractivity contribution in [3.05, 3.63) is 349 Å². The van der Waals surface area contributed by atoms with Gasteiger partial charge >= 0.3 is 0 Å². The lowest BCUT2D eigenvalue weighted by Crippen LogP contribution is -2.55. The van der Waals surface area contributed by atoms with E-state index in [-0.39, 0.29) is 52.7 Å². The molecule has 0 saturated heterocycles. The van der Waals surface area contributed by atoms with Crippen LogP contribution < -0.4 is 48.1 Å². The lowest BCUT2D eigenvalue weighted by molar-refractivity contribution is -0.814. The number of aromatic nitrogens is 6. The Morgan fingerprint density at radius 3 is 0.895 bits per heavy atom. The van der Waals surface area contributed by atoms with Crippen molar-refractivity contribution in [3.63, 3.8) is 0 Å². The fourth-order valence-corrected chi connectivity index (χ4v) is 13.4. The van der Waals surface area contributed by atoms with Gasteiger partial charge in [0.15, 0.2) is 6.54 Å². The van der Waals surface area contributed by atoms with Gasteiger partial charge in [-0.3, -0.25) is 0 Å². The summed E-state index contributed by atoms with van der Waals surface area (Å²) in [7, 11) is 0. The second-order valence-electron chi connectivity index (χ2n) is 27.3. The lowest BCUT2D eigenvalue weighted by Gasteiger charge is -2.32. The third kappa shape index (κ3) is 17.0. The van der Waals surface area contributed by atoms with E-state index < -0.39 is 10.8 Å². The molecule has 19 nitrogen and oxygen atoms in total. The molecule has 2 aromatic heterocycles. The molecule has 114 heavy (non-hydrogen) atoms. The molecule has 2 heterocycles. The predicted octanol–water partition coefficient (Wildman–Crippen LogP) is 18.3. The molecular weight excluding hydrogens is 1420 g/mol. The van der Waals surface area contributed by atoms with Crippen molar-refractivity contribution in [1.29, 1.82) is 26.3 Å². The Labute approximate surface area is 658 Å². The van der Waals surface area contributed by atoms with Crippen LogP contribution >= 0.6 is 0 Å². The summed E-state index contributed by atoms with van der Waals surface area (Å²) in [5.74, 6) is 5.61. The summed E-state index contributed by atoms with van der Waals surface area (Å²) in [5, 5.41) is 71.9. The fraction of sp³-hybridized carbons (Fsp3) is 0.105. The van der Waals surface area contributed by atoms with Crippen LogP contribution in [0.3, 0.4) is 0 Å². The van der Waals surface area contributed by atoms with Gasteiger partial charge in [-0.1, -0.05) is 103 Å². The van der Waals surface area contributed by atoms with E-state index in [1.807, 2.05) is 84.9 Å². The summed E-state index contributed by atoms with van der Waals surface area (Å²) in [6.07, 6.45) is 5.85. The first-order valence-electron chi connectivity index (χ1n) is 36.6. The molecule has 0 aliphatic carbocycles. The van der Waals surface area contributed by atoms with Crippen LogP contribution in [0.5, 0.6) is 34.5 Å². The Balaban J connectivity index is 0.959. The van der Waals surface area contributed by atoms with Gasteiger partial charge in [0.1, 0.15) is 90.6 Å². The van der Waals surface area contributed by atoms with E-state index in [1.54, 1.807) is 143 Å². The van der Waals surface area contributed by atoms with Crippen LogP contribution in [0.15, 0.2) is 315 Å². The van der Waals surface area contributed by atoms with Crippen molar-refractivity contribution in [1.82, 2.24) is 25.2 Å². The predicted molar refractivity (Wildman–Crippen MR) is 435 cm³/mol. The van der Waals surface area contributed by atoms with Crippen molar-refractivity contribution in [3.8, 4) is 99.4 Å². The van der Waals surface area contributed by atoms with Gasteiger partial charge in [-0.15, -0.1) is 6.42 Å². The first kappa shape index (κ1) is 73.6. The molecule has 0 fully saturated rings. The topological polar surface area (TPSA) is 242 Å². The maximum Gasteiger partial charge on any atom is 0.178 e. The van der Waals surface area contributed by atoms with Crippen LogP contribution in [0.25, 0.3) is 44.3 Å². The van der Waals surface area contributed by atoms with Gasteiger partial charge in [0.2, 0.25) is 0 Å². The Hall–Kier alpha value is -15.9. The van der Waals surface area contributed by atoms with E-state index in [0.29, 0.717) is 101 Å². The number of hydrogen-bond donors (Lipinski definition) is 0. The number of benzene rings is 13.